The van der Waals surface area contributed by atoms with Gasteiger partial charge < -0.3 is 10.7 Å². The third-order valence-corrected chi connectivity index (χ3v) is 3.09. The van der Waals surface area contributed by atoms with Gasteiger partial charge in [-0.15, -0.1) is 0 Å². The first-order valence-electron chi connectivity index (χ1n) is 6.55. The molecular weight excluding hydrogens is 222 g/mol. The van der Waals surface area contributed by atoms with Gasteiger partial charge in [0.2, 0.25) is 0 Å². The minimum atomic E-state index is 0.158. The predicted octanol–water partition coefficient (Wildman–Crippen LogP) is 3.18. The van der Waals surface area contributed by atoms with Gasteiger partial charge >= 0.3 is 0 Å². The number of rotatable bonds is 3. The fourth-order valence-electron chi connectivity index (χ4n) is 2.43. The number of H-pyrrole nitrogens is 1. The van der Waals surface area contributed by atoms with Crippen LogP contribution in [0, 0.1) is 12.3 Å². The predicted molar refractivity (Wildman–Crippen MR) is 76.6 cm³/mol. The molecule has 1 heterocycles. The Hall–Kier alpha value is -1.35. The summed E-state index contributed by atoms with van der Waals surface area (Å²) in [4.78, 5) is 8.01. The molecule has 2 rings (SSSR count). The summed E-state index contributed by atoms with van der Waals surface area (Å²) < 4.78 is 0. The van der Waals surface area contributed by atoms with E-state index in [2.05, 4.69) is 55.9 Å². The lowest BCUT2D eigenvalue weighted by atomic mass is 9.87. The molecule has 0 aliphatic heterocycles. The molecule has 1 aromatic carbocycles. The Kier molecular flexibility index (Phi) is 3.44. The third-order valence-electron chi connectivity index (χ3n) is 3.09. The summed E-state index contributed by atoms with van der Waals surface area (Å²) in [6.07, 6.45) is 1.81. The zero-order valence-electron chi connectivity index (χ0n) is 11.7. The minimum absolute atomic E-state index is 0.158. The summed E-state index contributed by atoms with van der Waals surface area (Å²) in [6.45, 7) is 8.74. The van der Waals surface area contributed by atoms with Crippen LogP contribution in [0.3, 0.4) is 0 Å². The minimum Gasteiger partial charge on any atom is -0.342 e. The molecule has 0 bridgehead atoms. The van der Waals surface area contributed by atoms with Gasteiger partial charge in [-0.1, -0.05) is 32.9 Å². The van der Waals surface area contributed by atoms with Gasteiger partial charge in [0.05, 0.1) is 11.0 Å². The summed E-state index contributed by atoms with van der Waals surface area (Å²) in [5.41, 5.74) is 9.83. The highest BCUT2D eigenvalue weighted by atomic mass is 14.9. The van der Waals surface area contributed by atoms with E-state index in [0.29, 0.717) is 0 Å². The largest absolute Gasteiger partial charge is 0.342 e. The van der Waals surface area contributed by atoms with Crippen molar-refractivity contribution in [1.82, 2.24) is 9.97 Å². The van der Waals surface area contributed by atoms with Crippen molar-refractivity contribution in [3.63, 3.8) is 0 Å². The van der Waals surface area contributed by atoms with Gasteiger partial charge in [0.25, 0.3) is 0 Å². The highest BCUT2D eigenvalue weighted by Crippen LogP contribution is 2.22. The van der Waals surface area contributed by atoms with Crippen LogP contribution in [-0.2, 0) is 6.42 Å². The molecule has 3 nitrogen and oxygen atoms in total. The molecule has 1 atom stereocenters. The Labute approximate surface area is 109 Å². The molecule has 0 radical (unpaired) electrons. The molecule has 0 aliphatic carbocycles. The smallest absolute Gasteiger partial charge is 0.108 e. The number of imidazole rings is 1. The SMILES string of the molecule is Cc1cccc2[nH]c(CC(N)CC(C)(C)C)nc12. The van der Waals surface area contributed by atoms with Gasteiger partial charge in [-0.25, -0.2) is 4.98 Å². The molecule has 0 amide bonds. The molecule has 98 valence electrons. The van der Waals surface area contributed by atoms with E-state index >= 15 is 0 Å². The average molecular weight is 245 g/mol. The number of aryl methyl sites for hydroxylation is 1. The molecule has 3 N–H and O–H groups in total. The number of nitrogens with two attached hydrogens (primary N) is 1. The Balaban J connectivity index is 2.15. The molecule has 2 aromatic rings. The Morgan fingerprint density at radius 3 is 2.67 bits per heavy atom. The van der Waals surface area contributed by atoms with E-state index in [1.165, 1.54) is 5.56 Å². The van der Waals surface area contributed by atoms with Crippen LogP contribution >= 0.6 is 0 Å². The van der Waals surface area contributed by atoms with Crippen LogP contribution in [0.5, 0.6) is 0 Å². The maximum absolute atomic E-state index is 6.19. The van der Waals surface area contributed by atoms with E-state index in [1.54, 1.807) is 0 Å². The van der Waals surface area contributed by atoms with Crippen LogP contribution in [0.25, 0.3) is 11.0 Å². The van der Waals surface area contributed by atoms with Crippen molar-refractivity contribution in [2.45, 2.75) is 46.6 Å². The monoisotopic (exact) mass is 245 g/mol. The van der Waals surface area contributed by atoms with E-state index in [0.717, 1.165) is 29.7 Å². The average Bonchev–Trinajstić information content (AvgIpc) is 2.58. The van der Waals surface area contributed by atoms with Crippen LogP contribution in [0.1, 0.15) is 38.6 Å². The van der Waals surface area contributed by atoms with Gasteiger partial charge in [-0.3, -0.25) is 0 Å². The highest BCUT2D eigenvalue weighted by Gasteiger charge is 2.17. The second kappa shape index (κ2) is 4.73. The van der Waals surface area contributed by atoms with Gasteiger partial charge in [0.15, 0.2) is 0 Å². The molecule has 0 spiro atoms. The van der Waals surface area contributed by atoms with Gasteiger partial charge in [-0.05, 0) is 30.4 Å². The number of benzene rings is 1. The first-order chi connectivity index (χ1) is 8.35. The van der Waals surface area contributed by atoms with E-state index in [1.807, 2.05) is 0 Å². The molecule has 1 unspecified atom stereocenters. The molecule has 18 heavy (non-hydrogen) atoms. The number of para-hydroxylation sites is 1. The van der Waals surface area contributed by atoms with Crippen LogP contribution in [0.2, 0.25) is 0 Å². The number of fused-ring (bicyclic) bond motifs is 1. The molecule has 0 aliphatic rings. The van der Waals surface area contributed by atoms with Crippen molar-refractivity contribution < 1.29 is 0 Å². The van der Waals surface area contributed by atoms with E-state index in [-0.39, 0.29) is 11.5 Å². The van der Waals surface area contributed by atoms with Crippen LogP contribution in [-0.4, -0.2) is 16.0 Å². The van der Waals surface area contributed by atoms with Crippen molar-refractivity contribution in [2.75, 3.05) is 0 Å². The van der Waals surface area contributed by atoms with Crippen LogP contribution < -0.4 is 5.73 Å². The number of hydrogen-bond donors (Lipinski definition) is 2. The van der Waals surface area contributed by atoms with Crippen molar-refractivity contribution in [3.05, 3.63) is 29.6 Å². The Bertz CT molecular complexity index is 534. The third kappa shape index (κ3) is 3.10. The fourth-order valence-corrected chi connectivity index (χ4v) is 2.43. The van der Waals surface area contributed by atoms with Crippen LogP contribution in [0.15, 0.2) is 18.2 Å². The topological polar surface area (TPSA) is 54.7 Å². The molecule has 0 saturated heterocycles. The zero-order valence-corrected chi connectivity index (χ0v) is 11.7. The Morgan fingerprint density at radius 2 is 2.06 bits per heavy atom. The number of aromatic nitrogens is 2. The normalized spacial score (nSPS) is 14.1. The maximum Gasteiger partial charge on any atom is 0.108 e. The second-order valence-electron chi connectivity index (χ2n) is 6.38. The standard InChI is InChI=1S/C15H23N3/c1-10-6-5-7-12-14(10)18-13(17-12)8-11(16)9-15(2,3)4/h5-7,11H,8-9,16H2,1-4H3,(H,17,18). The van der Waals surface area contributed by atoms with E-state index in [4.69, 9.17) is 5.73 Å². The summed E-state index contributed by atoms with van der Waals surface area (Å²) >= 11 is 0. The van der Waals surface area contributed by atoms with E-state index < -0.39 is 0 Å². The lowest BCUT2D eigenvalue weighted by molar-refractivity contribution is 0.337. The summed E-state index contributed by atoms with van der Waals surface area (Å²) in [6, 6.07) is 6.36. The Morgan fingerprint density at radius 1 is 1.33 bits per heavy atom. The molecule has 0 saturated carbocycles. The summed E-state index contributed by atoms with van der Waals surface area (Å²) in [5, 5.41) is 0. The lowest BCUT2D eigenvalue weighted by Crippen LogP contribution is -2.28. The van der Waals surface area contributed by atoms with Gasteiger partial charge in [0.1, 0.15) is 5.82 Å². The highest BCUT2D eigenvalue weighted by molar-refractivity contribution is 5.78. The first kappa shape index (κ1) is 13.1. The van der Waals surface area contributed by atoms with Gasteiger partial charge in [-0.2, -0.15) is 0 Å². The zero-order chi connectivity index (χ0) is 13.3. The van der Waals surface area contributed by atoms with E-state index in [9.17, 15) is 0 Å². The summed E-state index contributed by atoms with van der Waals surface area (Å²) in [5.74, 6) is 0.996. The number of hydrogen-bond acceptors (Lipinski definition) is 2. The van der Waals surface area contributed by atoms with Crippen molar-refractivity contribution in [3.8, 4) is 0 Å². The quantitative estimate of drug-likeness (QED) is 0.872. The van der Waals surface area contributed by atoms with Crippen molar-refractivity contribution in [2.24, 2.45) is 11.1 Å². The molecular formula is C15H23N3. The van der Waals surface area contributed by atoms with Crippen molar-refractivity contribution >= 4 is 11.0 Å². The number of nitrogens with one attached hydrogen (secondary N) is 1. The summed E-state index contributed by atoms with van der Waals surface area (Å²) in [7, 11) is 0. The molecule has 1 aromatic heterocycles. The molecule has 0 fully saturated rings. The van der Waals surface area contributed by atoms with Crippen LogP contribution in [0.4, 0.5) is 0 Å². The fraction of sp³-hybridized carbons (Fsp3) is 0.533. The number of aromatic amines is 1. The maximum atomic E-state index is 6.19. The molecule has 3 heteroatoms. The van der Waals surface area contributed by atoms with Crippen molar-refractivity contribution in [1.29, 1.82) is 0 Å². The van der Waals surface area contributed by atoms with Gasteiger partial charge in [0, 0.05) is 12.5 Å². The first-order valence-corrected chi connectivity index (χ1v) is 6.55. The number of nitrogens with zero attached hydrogens (tertiary/aromatic N) is 1. The lowest BCUT2D eigenvalue weighted by Gasteiger charge is -2.22. The second-order valence-corrected chi connectivity index (χ2v) is 6.38.